The number of amides is 1. The summed E-state index contributed by atoms with van der Waals surface area (Å²) in [5, 5.41) is 9.93. The van der Waals surface area contributed by atoms with Crippen LogP contribution in [-0.2, 0) is 4.79 Å². The van der Waals surface area contributed by atoms with Gasteiger partial charge in [-0.05, 0) is 63.1 Å². The summed E-state index contributed by atoms with van der Waals surface area (Å²) in [5.74, 6) is 1.62. The quantitative estimate of drug-likeness (QED) is 0.463. The van der Waals surface area contributed by atoms with Crippen molar-refractivity contribution in [3.05, 3.63) is 53.6 Å². The number of likely N-dealkylation sites (tertiary alicyclic amines) is 1. The Hall–Kier alpha value is -2.51. The van der Waals surface area contributed by atoms with Crippen LogP contribution in [-0.4, -0.2) is 50.5 Å². The number of benzene rings is 2. The monoisotopic (exact) mass is 456 g/mol. The van der Waals surface area contributed by atoms with E-state index in [0.29, 0.717) is 22.6 Å². The number of thioether (sulfide) groups is 1. The third-order valence-electron chi connectivity index (χ3n) is 5.17. The van der Waals surface area contributed by atoms with Crippen molar-refractivity contribution in [3.63, 3.8) is 0 Å². The standard InChI is InChI=1S/C23H25ClN4O2S/c1-3-30-20-11-9-19(10-12-20)28-21(17-7-6-8-18(24)15-17)25-26-23(28)31-16(2)22(29)27-13-4-5-14-27/h6-12,15-16H,3-5,13-14H2,1-2H3. The van der Waals surface area contributed by atoms with Gasteiger partial charge in [0.05, 0.1) is 11.9 Å². The normalized spacial score (nSPS) is 14.6. The van der Waals surface area contributed by atoms with Gasteiger partial charge in [-0.1, -0.05) is 35.5 Å². The van der Waals surface area contributed by atoms with Gasteiger partial charge in [-0.3, -0.25) is 9.36 Å². The molecule has 0 bridgehead atoms. The summed E-state index contributed by atoms with van der Waals surface area (Å²) in [6.07, 6.45) is 2.15. The van der Waals surface area contributed by atoms with Gasteiger partial charge in [0.15, 0.2) is 11.0 Å². The lowest BCUT2D eigenvalue weighted by atomic mass is 10.2. The summed E-state index contributed by atoms with van der Waals surface area (Å²) in [7, 11) is 0. The van der Waals surface area contributed by atoms with E-state index in [1.54, 1.807) is 0 Å². The fraction of sp³-hybridized carbons (Fsp3) is 0.348. The van der Waals surface area contributed by atoms with Crippen LogP contribution in [0.1, 0.15) is 26.7 Å². The molecule has 3 aromatic rings. The van der Waals surface area contributed by atoms with E-state index in [9.17, 15) is 4.79 Å². The number of hydrogen-bond acceptors (Lipinski definition) is 5. The van der Waals surface area contributed by atoms with Crippen molar-refractivity contribution >= 4 is 29.3 Å². The maximum atomic E-state index is 12.8. The van der Waals surface area contributed by atoms with E-state index < -0.39 is 0 Å². The van der Waals surface area contributed by atoms with E-state index in [2.05, 4.69) is 10.2 Å². The van der Waals surface area contributed by atoms with Crippen LogP contribution in [0.25, 0.3) is 17.1 Å². The van der Waals surface area contributed by atoms with Crippen LogP contribution in [0.2, 0.25) is 5.02 Å². The topological polar surface area (TPSA) is 60.2 Å². The highest BCUT2D eigenvalue weighted by atomic mass is 35.5. The first-order valence-corrected chi connectivity index (χ1v) is 11.7. The third-order valence-corrected chi connectivity index (χ3v) is 6.44. The number of ether oxygens (including phenoxy) is 1. The lowest BCUT2D eigenvalue weighted by molar-refractivity contribution is -0.129. The molecule has 31 heavy (non-hydrogen) atoms. The molecule has 4 rings (SSSR count). The molecule has 0 saturated carbocycles. The van der Waals surface area contributed by atoms with Gasteiger partial charge < -0.3 is 9.64 Å². The van der Waals surface area contributed by atoms with Crippen LogP contribution in [0.15, 0.2) is 53.7 Å². The average molecular weight is 457 g/mol. The van der Waals surface area contributed by atoms with Crippen LogP contribution in [0, 0.1) is 0 Å². The molecule has 6 nitrogen and oxygen atoms in total. The Labute approximate surface area is 191 Å². The second kappa shape index (κ2) is 9.75. The minimum Gasteiger partial charge on any atom is -0.494 e. The van der Waals surface area contributed by atoms with E-state index in [1.807, 2.05) is 71.8 Å². The van der Waals surface area contributed by atoms with Gasteiger partial charge in [-0.2, -0.15) is 0 Å². The van der Waals surface area contributed by atoms with Crippen molar-refractivity contribution in [2.24, 2.45) is 0 Å². The summed E-state index contributed by atoms with van der Waals surface area (Å²) in [6, 6.07) is 15.3. The van der Waals surface area contributed by atoms with Gasteiger partial charge in [0.25, 0.3) is 0 Å². The van der Waals surface area contributed by atoms with E-state index in [-0.39, 0.29) is 11.2 Å². The maximum Gasteiger partial charge on any atom is 0.235 e. The molecule has 1 saturated heterocycles. The van der Waals surface area contributed by atoms with E-state index in [4.69, 9.17) is 16.3 Å². The first-order valence-electron chi connectivity index (χ1n) is 10.5. The Kier molecular flexibility index (Phi) is 6.83. The number of rotatable bonds is 7. The van der Waals surface area contributed by atoms with Crippen LogP contribution < -0.4 is 4.74 Å². The Balaban J connectivity index is 1.70. The molecule has 162 valence electrons. The van der Waals surface area contributed by atoms with Gasteiger partial charge in [0.1, 0.15) is 5.75 Å². The molecular formula is C23H25ClN4O2S. The number of carbonyl (C=O) groups excluding carboxylic acids is 1. The molecule has 1 aliphatic rings. The second-order valence-corrected chi connectivity index (χ2v) is 9.12. The molecule has 1 aliphatic heterocycles. The lowest BCUT2D eigenvalue weighted by Gasteiger charge is -2.20. The van der Waals surface area contributed by atoms with Crippen molar-refractivity contribution < 1.29 is 9.53 Å². The largest absolute Gasteiger partial charge is 0.494 e. The summed E-state index contributed by atoms with van der Waals surface area (Å²) in [4.78, 5) is 14.8. The van der Waals surface area contributed by atoms with Gasteiger partial charge in [0.2, 0.25) is 5.91 Å². The van der Waals surface area contributed by atoms with E-state index >= 15 is 0 Å². The Morgan fingerprint density at radius 2 is 1.90 bits per heavy atom. The van der Waals surface area contributed by atoms with Crippen LogP contribution in [0.5, 0.6) is 5.75 Å². The molecule has 1 unspecified atom stereocenters. The van der Waals surface area contributed by atoms with Crippen LogP contribution in [0.3, 0.4) is 0 Å². The molecule has 2 aromatic carbocycles. The Morgan fingerprint density at radius 1 is 1.16 bits per heavy atom. The summed E-state index contributed by atoms with van der Waals surface area (Å²) in [5.41, 5.74) is 1.76. The highest BCUT2D eigenvalue weighted by Gasteiger charge is 2.27. The summed E-state index contributed by atoms with van der Waals surface area (Å²) in [6.45, 7) is 6.17. The van der Waals surface area contributed by atoms with Crippen LogP contribution in [0.4, 0.5) is 0 Å². The predicted octanol–water partition coefficient (Wildman–Crippen LogP) is 5.09. The predicted molar refractivity (Wildman–Crippen MR) is 124 cm³/mol. The van der Waals surface area contributed by atoms with Crippen molar-refractivity contribution in [2.45, 2.75) is 37.1 Å². The molecular weight excluding hydrogens is 432 g/mol. The molecule has 8 heteroatoms. The first kappa shape index (κ1) is 21.7. The number of nitrogens with zero attached hydrogens (tertiary/aromatic N) is 4. The van der Waals surface area contributed by atoms with Crippen molar-refractivity contribution in [2.75, 3.05) is 19.7 Å². The minimum atomic E-state index is -0.254. The molecule has 0 aliphatic carbocycles. The smallest absolute Gasteiger partial charge is 0.235 e. The number of carbonyl (C=O) groups is 1. The molecule has 2 heterocycles. The average Bonchev–Trinajstić information content (AvgIpc) is 3.44. The molecule has 0 N–H and O–H groups in total. The van der Waals surface area contributed by atoms with Gasteiger partial charge in [-0.25, -0.2) is 0 Å². The number of aromatic nitrogens is 3. The summed E-state index contributed by atoms with van der Waals surface area (Å²) < 4.78 is 7.55. The number of hydrogen-bond donors (Lipinski definition) is 0. The van der Waals surface area contributed by atoms with E-state index in [0.717, 1.165) is 42.9 Å². The van der Waals surface area contributed by atoms with Crippen molar-refractivity contribution in [3.8, 4) is 22.8 Å². The minimum absolute atomic E-state index is 0.146. The zero-order chi connectivity index (χ0) is 21.8. The first-order chi connectivity index (χ1) is 15.1. The molecule has 1 atom stereocenters. The van der Waals surface area contributed by atoms with Crippen LogP contribution >= 0.6 is 23.4 Å². The molecule has 0 radical (unpaired) electrons. The zero-order valence-electron chi connectivity index (χ0n) is 17.6. The zero-order valence-corrected chi connectivity index (χ0v) is 19.2. The highest BCUT2D eigenvalue weighted by Crippen LogP contribution is 2.32. The van der Waals surface area contributed by atoms with Gasteiger partial charge >= 0.3 is 0 Å². The van der Waals surface area contributed by atoms with Crippen molar-refractivity contribution in [1.29, 1.82) is 0 Å². The maximum absolute atomic E-state index is 12.8. The fourth-order valence-electron chi connectivity index (χ4n) is 3.65. The SMILES string of the molecule is CCOc1ccc(-n2c(SC(C)C(=O)N3CCCC3)nnc2-c2cccc(Cl)c2)cc1. The lowest BCUT2D eigenvalue weighted by Crippen LogP contribution is -2.34. The third kappa shape index (κ3) is 4.88. The summed E-state index contributed by atoms with van der Waals surface area (Å²) >= 11 is 7.65. The fourth-order valence-corrected chi connectivity index (χ4v) is 4.80. The Bertz CT molecular complexity index is 1050. The molecule has 1 fully saturated rings. The number of halogens is 1. The second-order valence-electron chi connectivity index (χ2n) is 7.37. The van der Waals surface area contributed by atoms with E-state index in [1.165, 1.54) is 11.8 Å². The molecule has 0 spiro atoms. The van der Waals surface area contributed by atoms with Gasteiger partial charge in [0, 0.05) is 29.4 Å². The molecule has 1 aromatic heterocycles. The highest BCUT2D eigenvalue weighted by molar-refractivity contribution is 8.00. The Morgan fingerprint density at radius 3 is 2.58 bits per heavy atom. The van der Waals surface area contributed by atoms with Crippen molar-refractivity contribution in [1.82, 2.24) is 19.7 Å². The van der Waals surface area contributed by atoms with Gasteiger partial charge in [-0.15, -0.1) is 10.2 Å². The molecule has 1 amide bonds.